The van der Waals surface area contributed by atoms with Crippen molar-refractivity contribution in [2.45, 2.75) is 25.2 Å². The summed E-state index contributed by atoms with van der Waals surface area (Å²) in [5, 5.41) is 0. The van der Waals surface area contributed by atoms with Gasteiger partial charge >= 0.3 is 0 Å². The van der Waals surface area contributed by atoms with Crippen LogP contribution in [-0.2, 0) is 16.4 Å². The molecule has 4 nitrogen and oxygen atoms in total. The van der Waals surface area contributed by atoms with Gasteiger partial charge in [0.1, 0.15) is 5.76 Å². The maximum atomic E-state index is 12.2. The summed E-state index contributed by atoms with van der Waals surface area (Å²) in [7, 11) is -3.46. The molecule has 1 heterocycles. The standard InChI is InChI=1S/C14H17NO3S/c1-11-5-6-12(2)14(10-11)19(16,17)15-8-7-13-4-3-9-18-13/h3-6,9-10,15H,7-8H2,1-2H3. The van der Waals surface area contributed by atoms with Crippen molar-refractivity contribution in [3.8, 4) is 0 Å². The highest BCUT2D eigenvalue weighted by Crippen LogP contribution is 2.16. The summed E-state index contributed by atoms with van der Waals surface area (Å²) in [5.74, 6) is 0.767. The first-order chi connectivity index (χ1) is 8.99. The Morgan fingerprint density at radius 2 is 2.00 bits per heavy atom. The normalized spacial score (nSPS) is 11.7. The SMILES string of the molecule is Cc1ccc(C)c(S(=O)(=O)NCCc2ccco2)c1. The predicted molar refractivity (Wildman–Crippen MR) is 73.5 cm³/mol. The predicted octanol–water partition coefficient (Wildman–Crippen LogP) is 2.42. The first-order valence-electron chi connectivity index (χ1n) is 6.08. The van der Waals surface area contributed by atoms with Gasteiger partial charge in [-0.2, -0.15) is 0 Å². The summed E-state index contributed by atoms with van der Waals surface area (Å²) in [5.41, 5.74) is 1.67. The molecular formula is C14H17NO3S. The zero-order valence-corrected chi connectivity index (χ0v) is 11.8. The second-order valence-electron chi connectivity index (χ2n) is 4.50. The Morgan fingerprint density at radius 1 is 1.21 bits per heavy atom. The highest BCUT2D eigenvalue weighted by molar-refractivity contribution is 7.89. The fraction of sp³-hybridized carbons (Fsp3) is 0.286. The van der Waals surface area contributed by atoms with Crippen molar-refractivity contribution in [1.29, 1.82) is 0 Å². The quantitative estimate of drug-likeness (QED) is 0.914. The van der Waals surface area contributed by atoms with Crippen molar-refractivity contribution in [2.75, 3.05) is 6.54 Å². The Kier molecular flexibility index (Phi) is 4.07. The summed E-state index contributed by atoms with van der Waals surface area (Å²) in [6.07, 6.45) is 2.12. The molecule has 102 valence electrons. The van der Waals surface area contributed by atoms with Crippen LogP contribution >= 0.6 is 0 Å². The highest BCUT2D eigenvalue weighted by atomic mass is 32.2. The molecule has 0 unspecified atom stereocenters. The van der Waals surface area contributed by atoms with E-state index in [-0.39, 0.29) is 0 Å². The van der Waals surface area contributed by atoms with Crippen LogP contribution in [-0.4, -0.2) is 15.0 Å². The molecule has 0 amide bonds. The number of sulfonamides is 1. The van der Waals surface area contributed by atoms with Crippen molar-refractivity contribution >= 4 is 10.0 Å². The number of benzene rings is 1. The van der Waals surface area contributed by atoms with Gasteiger partial charge in [-0.15, -0.1) is 0 Å². The zero-order valence-electron chi connectivity index (χ0n) is 11.0. The molecule has 2 aromatic rings. The van der Waals surface area contributed by atoms with E-state index in [4.69, 9.17) is 4.42 Å². The van der Waals surface area contributed by atoms with E-state index in [1.165, 1.54) is 0 Å². The Balaban J connectivity index is 2.07. The summed E-state index contributed by atoms with van der Waals surface area (Å²) < 4.78 is 32.1. The van der Waals surface area contributed by atoms with Crippen LogP contribution in [0.3, 0.4) is 0 Å². The minimum atomic E-state index is -3.46. The maximum Gasteiger partial charge on any atom is 0.240 e. The number of furan rings is 1. The van der Waals surface area contributed by atoms with E-state index in [2.05, 4.69) is 4.72 Å². The van der Waals surface area contributed by atoms with Crippen LogP contribution in [0.5, 0.6) is 0 Å². The van der Waals surface area contributed by atoms with E-state index >= 15 is 0 Å². The molecule has 0 spiro atoms. The second kappa shape index (κ2) is 5.59. The molecule has 1 aromatic carbocycles. The van der Waals surface area contributed by atoms with Crippen molar-refractivity contribution in [3.63, 3.8) is 0 Å². The lowest BCUT2D eigenvalue weighted by Crippen LogP contribution is -2.26. The zero-order chi connectivity index (χ0) is 13.9. The molecule has 0 aliphatic carbocycles. The van der Waals surface area contributed by atoms with E-state index in [0.29, 0.717) is 17.9 Å². The average molecular weight is 279 g/mol. The van der Waals surface area contributed by atoms with Gasteiger partial charge in [-0.1, -0.05) is 12.1 Å². The number of hydrogen-bond donors (Lipinski definition) is 1. The third-order valence-electron chi connectivity index (χ3n) is 2.88. The van der Waals surface area contributed by atoms with Gasteiger partial charge in [-0.05, 0) is 43.2 Å². The van der Waals surface area contributed by atoms with Crippen LogP contribution in [0.1, 0.15) is 16.9 Å². The van der Waals surface area contributed by atoms with Crippen LogP contribution in [0.15, 0.2) is 45.9 Å². The molecule has 0 bridgehead atoms. The molecule has 0 radical (unpaired) electrons. The fourth-order valence-electron chi connectivity index (χ4n) is 1.84. The Hall–Kier alpha value is -1.59. The molecule has 0 saturated carbocycles. The third kappa shape index (κ3) is 3.45. The number of nitrogens with one attached hydrogen (secondary N) is 1. The fourth-order valence-corrected chi connectivity index (χ4v) is 3.20. The van der Waals surface area contributed by atoms with E-state index in [1.807, 2.05) is 25.1 Å². The van der Waals surface area contributed by atoms with E-state index in [1.54, 1.807) is 25.3 Å². The van der Waals surface area contributed by atoms with Crippen LogP contribution in [0.4, 0.5) is 0 Å². The molecule has 0 atom stereocenters. The van der Waals surface area contributed by atoms with Gasteiger partial charge in [0.15, 0.2) is 0 Å². The smallest absolute Gasteiger partial charge is 0.240 e. The van der Waals surface area contributed by atoms with E-state index in [0.717, 1.165) is 16.9 Å². The minimum absolute atomic E-state index is 0.323. The molecule has 0 fully saturated rings. The second-order valence-corrected chi connectivity index (χ2v) is 6.23. The maximum absolute atomic E-state index is 12.2. The van der Waals surface area contributed by atoms with Gasteiger partial charge < -0.3 is 4.42 Å². The first kappa shape index (κ1) is 13.8. The Morgan fingerprint density at radius 3 is 2.68 bits per heavy atom. The Bertz CT molecular complexity index is 645. The van der Waals surface area contributed by atoms with Crippen LogP contribution in [0.25, 0.3) is 0 Å². The summed E-state index contributed by atoms with van der Waals surface area (Å²) in [6.45, 7) is 3.99. The molecule has 2 rings (SSSR count). The van der Waals surface area contributed by atoms with Gasteiger partial charge in [-0.3, -0.25) is 0 Å². The van der Waals surface area contributed by atoms with Gasteiger partial charge in [0, 0.05) is 13.0 Å². The molecule has 0 aliphatic rings. The van der Waals surface area contributed by atoms with Crippen molar-refractivity contribution in [3.05, 3.63) is 53.5 Å². The first-order valence-corrected chi connectivity index (χ1v) is 7.57. The largest absolute Gasteiger partial charge is 0.469 e. The molecule has 1 aromatic heterocycles. The molecular weight excluding hydrogens is 262 g/mol. The number of aryl methyl sites for hydroxylation is 2. The number of rotatable bonds is 5. The molecule has 1 N–H and O–H groups in total. The van der Waals surface area contributed by atoms with E-state index in [9.17, 15) is 8.42 Å². The van der Waals surface area contributed by atoms with Crippen molar-refractivity contribution in [2.24, 2.45) is 0 Å². The number of hydrogen-bond acceptors (Lipinski definition) is 3. The van der Waals surface area contributed by atoms with Crippen molar-refractivity contribution in [1.82, 2.24) is 4.72 Å². The summed E-state index contributed by atoms with van der Waals surface area (Å²) in [6, 6.07) is 9.01. The monoisotopic (exact) mass is 279 g/mol. The van der Waals surface area contributed by atoms with Crippen molar-refractivity contribution < 1.29 is 12.8 Å². The van der Waals surface area contributed by atoms with Crippen LogP contribution in [0.2, 0.25) is 0 Å². The lowest BCUT2D eigenvalue weighted by molar-refractivity contribution is 0.506. The van der Waals surface area contributed by atoms with Gasteiger partial charge in [0.2, 0.25) is 10.0 Å². The molecule has 0 saturated heterocycles. The highest BCUT2D eigenvalue weighted by Gasteiger charge is 2.16. The molecule has 0 aliphatic heterocycles. The Labute approximate surface area is 113 Å². The van der Waals surface area contributed by atoms with E-state index < -0.39 is 10.0 Å². The summed E-state index contributed by atoms with van der Waals surface area (Å²) in [4.78, 5) is 0.340. The van der Waals surface area contributed by atoms with Gasteiger partial charge in [-0.25, -0.2) is 13.1 Å². The lowest BCUT2D eigenvalue weighted by Gasteiger charge is -2.09. The van der Waals surface area contributed by atoms with Gasteiger partial charge in [0.25, 0.3) is 0 Å². The molecule has 19 heavy (non-hydrogen) atoms. The van der Waals surface area contributed by atoms with Crippen LogP contribution in [0, 0.1) is 13.8 Å². The minimum Gasteiger partial charge on any atom is -0.469 e. The lowest BCUT2D eigenvalue weighted by atomic mass is 10.2. The third-order valence-corrected chi connectivity index (χ3v) is 4.48. The van der Waals surface area contributed by atoms with Gasteiger partial charge in [0.05, 0.1) is 11.2 Å². The van der Waals surface area contributed by atoms with Crippen LogP contribution < -0.4 is 4.72 Å². The average Bonchev–Trinajstić information content (AvgIpc) is 2.85. The molecule has 5 heteroatoms. The topological polar surface area (TPSA) is 59.3 Å². The summed E-state index contributed by atoms with van der Waals surface area (Å²) >= 11 is 0.